The Labute approximate surface area is 109 Å². The molecule has 0 N–H and O–H groups in total. The van der Waals surface area contributed by atoms with Crippen molar-refractivity contribution in [2.45, 2.75) is 32.7 Å². The second kappa shape index (κ2) is 7.38. The van der Waals surface area contributed by atoms with Crippen LogP contribution < -0.4 is 9.64 Å². The fourth-order valence-electron chi connectivity index (χ4n) is 2.04. The normalized spacial score (nSPS) is 10.6. The van der Waals surface area contributed by atoms with Crippen LogP contribution >= 0.6 is 11.6 Å². The molecule has 0 amide bonds. The molecule has 0 aliphatic rings. The van der Waals surface area contributed by atoms with Crippen LogP contribution in [0.3, 0.4) is 0 Å². The molecule has 4 heteroatoms. The van der Waals surface area contributed by atoms with Gasteiger partial charge < -0.3 is 9.64 Å². The number of pyridine rings is 1. The SMILES string of the molecule is CCC(CC)N(CCCl)c1ncccc1OC. The van der Waals surface area contributed by atoms with Crippen molar-refractivity contribution >= 4 is 17.4 Å². The van der Waals surface area contributed by atoms with Gasteiger partial charge in [-0.1, -0.05) is 13.8 Å². The van der Waals surface area contributed by atoms with Gasteiger partial charge >= 0.3 is 0 Å². The predicted molar refractivity (Wildman–Crippen MR) is 73.2 cm³/mol. The largest absolute Gasteiger partial charge is 0.493 e. The Morgan fingerprint density at radius 2 is 2.12 bits per heavy atom. The van der Waals surface area contributed by atoms with Crippen molar-refractivity contribution in [3.63, 3.8) is 0 Å². The molecule has 0 fully saturated rings. The van der Waals surface area contributed by atoms with Gasteiger partial charge in [-0.2, -0.15) is 0 Å². The minimum absolute atomic E-state index is 0.456. The standard InChI is InChI=1S/C13H21ClN2O/c1-4-11(5-2)16(10-8-14)13-12(17-3)7-6-9-15-13/h6-7,9,11H,4-5,8,10H2,1-3H3. The lowest BCUT2D eigenvalue weighted by Crippen LogP contribution is -2.37. The van der Waals surface area contributed by atoms with E-state index in [0.717, 1.165) is 31.0 Å². The average Bonchev–Trinajstić information content (AvgIpc) is 2.39. The lowest BCUT2D eigenvalue weighted by molar-refractivity contribution is 0.409. The Balaban J connectivity index is 3.03. The molecule has 1 aromatic heterocycles. The summed E-state index contributed by atoms with van der Waals surface area (Å²) < 4.78 is 5.36. The van der Waals surface area contributed by atoms with Crippen molar-refractivity contribution in [3.05, 3.63) is 18.3 Å². The summed E-state index contributed by atoms with van der Waals surface area (Å²) in [5, 5.41) is 0. The van der Waals surface area contributed by atoms with Crippen LogP contribution in [-0.2, 0) is 0 Å². The van der Waals surface area contributed by atoms with Gasteiger partial charge in [-0.25, -0.2) is 4.98 Å². The molecular formula is C13H21ClN2O. The Hall–Kier alpha value is -0.960. The van der Waals surface area contributed by atoms with Crippen molar-refractivity contribution in [2.75, 3.05) is 24.4 Å². The zero-order chi connectivity index (χ0) is 12.7. The molecule has 0 unspecified atom stereocenters. The van der Waals surface area contributed by atoms with E-state index in [9.17, 15) is 0 Å². The molecule has 0 atom stereocenters. The maximum Gasteiger partial charge on any atom is 0.171 e. The maximum absolute atomic E-state index is 5.89. The van der Waals surface area contributed by atoms with Crippen molar-refractivity contribution < 1.29 is 4.74 Å². The van der Waals surface area contributed by atoms with Gasteiger partial charge in [0, 0.05) is 24.7 Å². The molecule has 0 aliphatic heterocycles. The van der Waals surface area contributed by atoms with Crippen molar-refractivity contribution in [3.8, 4) is 5.75 Å². The van der Waals surface area contributed by atoms with Crippen LogP contribution in [0.2, 0.25) is 0 Å². The van der Waals surface area contributed by atoms with Crippen molar-refractivity contribution in [2.24, 2.45) is 0 Å². The van der Waals surface area contributed by atoms with E-state index >= 15 is 0 Å². The van der Waals surface area contributed by atoms with Crippen LogP contribution in [0, 0.1) is 0 Å². The fourth-order valence-corrected chi connectivity index (χ4v) is 2.22. The summed E-state index contributed by atoms with van der Waals surface area (Å²) in [6.07, 6.45) is 3.95. The third kappa shape index (κ3) is 3.50. The second-order valence-electron chi connectivity index (χ2n) is 3.88. The van der Waals surface area contributed by atoms with Gasteiger partial charge in [-0.15, -0.1) is 11.6 Å². The molecule has 0 saturated heterocycles. The average molecular weight is 257 g/mol. The summed E-state index contributed by atoms with van der Waals surface area (Å²) in [6.45, 7) is 5.16. The van der Waals surface area contributed by atoms with Crippen LogP contribution in [0.15, 0.2) is 18.3 Å². The lowest BCUT2D eigenvalue weighted by Gasteiger charge is -2.31. The molecule has 0 aromatic carbocycles. The number of halogens is 1. The topological polar surface area (TPSA) is 25.4 Å². The van der Waals surface area contributed by atoms with Crippen LogP contribution in [0.5, 0.6) is 5.75 Å². The highest BCUT2D eigenvalue weighted by molar-refractivity contribution is 6.18. The smallest absolute Gasteiger partial charge is 0.171 e. The number of rotatable bonds is 7. The second-order valence-corrected chi connectivity index (χ2v) is 4.26. The minimum Gasteiger partial charge on any atom is -0.493 e. The van der Waals surface area contributed by atoms with E-state index < -0.39 is 0 Å². The zero-order valence-electron chi connectivity index (χ0n) is 10.8. The highest BCUT2D eigenvalue weighted by atomic mass is 35.5. The van der Waals surface area contributed by atoms with Crippen LogP contribution in [0.4, 0.5) is 5.82 Å². The number of hydrogen-bond donors (Lipinski definition) is 0. The highest BCUT2D eigenvalue weighted by Gasteiger charge is 2.19. The van der Waals surface area contributed by atoms with E-state index in [1.807, 2.05) is 12.1 Å². The molecule has 0 aliphatic carbocycles. The van der Waals surface area contributed by atoms with Crippen molar-refractivity contribution in [1.29, 1.82) is 0 Å². The van der Waals surface area contributed by atoms with Crippen LogP contribution in [0.1, 0.15) is 26.7 Å². The lowest BCUT2D eigenvalue weighted by atomic mass is 10.1. The van der Waals surface area contributed by atoms with E-state index in [1.165, 1.54) is 0 Å². The summed E-state index contributed by atoms with van der Waals surface area (Å²) in [4.78, 5) is 6.67. The number of aromatic nitrogens is 1. The van der Waals surface area contributed by atoms with Crippen molar-refractivity contribution in [1.82, 2.24) is 4.98 Å². The van der Waals surface area contributed by atoms with E-state index in [1.54, 1.807) is 13.3 Å². The molecule has 17 heavy (non-hydrogen) atoms. The Bertz CT molecular complexity index is 329. The summed E-state index contributed by atoms with van der Waals surface area (Å²) in [7, 11) is 1.67. The number of ether oxygens (including phenoxy) is 1. The van der Waals surface area contributed by atoms with Gasteiger partial charge in [0.25, 0.3) is 0 Å². The molecule has 1 heterocycles. The monoisotopic (exact) mass is 256 g/mol. The highest BCUT2D eigenvalue weighted by Crippen LogP contribution is 2.28. The van der Waals surface area contributed by atoms with E-state index in [4.69, 9.17) is 16.3 Å². The fraction of sp³-hybridized carbons (Fsp3) is 0.615. The van der Waals surface area contributed by atoms with E-state index in [0.29, 0.717) is 11.9 Å². The third-order valence-electron chi connectivity index (χ3n) is 2.95. The Morgan fingerprint density at radius 1 is 1.41 bits per heavy atom. The molecule has 0 saturated carbocycles. The summed E-state index contributed by atoms with van der Waals surface area (Å²) in [5.41, 5.74) is 0. The number of alkyl halides is 1. The quantitative estimate of drug-likeness (QED) is 0.700. The molecule has 96 valence electrons. The van der Waals surface area contributed by atoms with Gasteiger partial charge in [0.15, 0.2) is 11.6 Å². The molecule has 0 spiro atoms. The van der Waals surface area contributed by atoms with Gasteiger partial charge in [0.1, 0.15) is 0 Å². The van der Waals surface area contributed by atoms with Crippen LogP contribution in [-0.4, -0.2) is 30.6 Å². The van der Waals surface area contributed by atoms with E-state index in [-0.39, 0.29) is 0 Å². The maximum atomic E-state index is 5.89. The summed E-state index contributed by atoms with van der Waals surface area (Å²) in [6, 6.07) is 4.28. The predicted octanol–water partition coefficient (Wildman–Crippen LogP) is 3.32. The van der Waals surface area contributed by atoms with Crippen LogP contribution in [0.25, 0.3) is 0 Å². The first-order valence-electron chi connectivity index (χ1n) is 6.10. The first kappa shape index (κ1) is 14.1. The Morgan fingerprint density at radius 3 is 2.65 bits per heavy atom. The van der Waals surface area contributed by atoms with Gasteiger partial charge in [-0.3, -0.25) is 0 Å². The van der Waals surface area contributed by atoms with Gasteiger partial charge in [0.2, 0.25) is 0 Å². The molecule has 1 aromatic rings. The summed E-state index contributed by atoms with van der Waals surface area (Å²) in [5.74, 6) is 2.30. The minimum atomic E-state index is 0.456. The third-order valence-corrected chi connectivity index (χ3v) is 3.12. The zero-order valence-corrected chi connectivity index (χ0v) is 11.6. The number of hydrogen-bond acceptors (Lipinski definition) is 3. The van der Waals surface area contributed by atoms with Gasteiger partial charge in [-0.05, 0) is 25.0 Å². The van der Waals surface area contributed by atoms with Gasteiger partial charge in [0.05, 0.1) is 7.11 Å². The molecule has 1 rings (SSSR count). The number of methoxy groups -OCH3 is 1. The molecule has 0 radical (unpaired) electrons. The first-order valence-corrected chi connectivity index (χ1v) is 6.63. The molecule has 3 nitrogen and oxygen atoms in total. The number of nitrogens with zero attached hydrogens (tertiary/aromatic N) is 2. The first-order chi connectivity index (χ1) is 8.28. The van der Waals surface area contributed by atoms with E-state index in [2.05, 4.69) is 23.7 Å². The molecule has 0 bridgehead atoms. The number of anilines is 1. The molecular weight excluding hydrogens is 236 g/mol. The Kier molecular flexibility index (Phi) is 6.12. The summed E-state index contributed by atoms with van der Waals surface area (Å²) >= 11 is 5.89.